The van der Waals surface area contributed by atoms with E-state index in [-0.39, 0.29) is 6.54 Å². The van der Waals surface area contributed by atoms with Crippen LogP contribution in [0.15, 0.2) is 58.3 Å². The first-order chi connectivity index (χ1) is 11.1. The topological polar surface area (TPSA) is 87.7 Å². The molecule has 2 rings (SSSR count). The van der Waals surface area contributed by atoms with E-state index in [0.717, 1.165) is 15.5 Å². The molecule has 0 unspecified atom stereocenters. The Morgan fingerprint density at radius 3 is 2.70 bits per heavy atom. The first-order valence-electron chi connectivity index (χ1n) is 6.76. The first kappa shape index (κ1) is 16.7. The lowest BCUT2D eigenvalue weighted by Gasteiger charge is -2.11. The number of nitrogens with one attached hydrogen (secondary N) is 2. The highest BCUT2D eigenvalue weighted by Gasteiger charge is 2.09. The second kappa shape index (κ2) is 8.09. The van der Waals surface area contributed by atoms with Crippen LogP contribution in [0.2, 0.25) is 0 Å². The summed E-state index contributed by atoms with van der Waals surface area (Å²) in [5.74, 6) is 0.327. The Morgan fingerprint density at radius 2 is 1.96 bits per heavy atom. The Labute approximate surface area is 137 Å². The van der Waals surface area contributed by atoms with Gasteiger partial charge in [0.1, 0.15) is 12.3 Å². The van der Waals surface area contributed by atoms with Crippen LogP contribution in [-0.4, -0.2) is 30.8 Å². The molecular weight excluding hydrogens is 316 g/mol. The molecule has 0 fully saturated rings. The summed E-state index contributed by atoms with van der Waals surface area (Å²) in [6.07, 6.45) is -1.24. The van der Waals surface area contributed by atoms with Crippen LogP contribution in [0.5, 0.6) is 5.75 Å². The molecule has 0 aromatic heterocycles. The number of hydrogen-bond donors (Lipinski definition) is 3. The van der Waals surface area contributed by atoms with Crippen LogP contribution in [0.25, 0.3) is 0 Å². The van der Waals surface area contributed by atoms with Crippen molar-refractivity contribution < 1.29 is 19.4 Å². The zero-order valence-electron chi connectivity index (χ0n) is 12.4. The van der Waals surface area contributed by atoms with Crippen molar-refractivity contribution in [1.29, 1.82) is 0 Å². The Morgan fingerprint density at radius 1 is 1.17 bits per heavy atom. The van der Waals surface area contributed by atoms with Gasteiger partial charge in [-0.2, -0.15) is 0 Å². The Balaban J connectivity index is 2.10. The Hall–Kier alpha value is -2.67. The number of rotatable bonds is 6. The number of anilines is 1. The molecule has 0 aliphatic heterocycles. The van der Waals surface area contributed by atoms with Gasteiger partial charge in [0.2, 0.25) is 5.91 Å². The molecule has 0 bridgehead atoms. The summed E-state index contributed by atoms with van der Waals surface area (Å²) in [4.78, 5) is 24.0. The molecular formula is C16H16N2O4S. The van der Waals surface area contributed by atoms with Crippen LogP contribution in [0.4, 0.5) is 10.5 Å². The monoisotopic (exact) mass is 332 g/mol. The number of ether oxygens (including phenoxy) is 1. The predicted octanol–water partition coefficient (Wildman–Crippen LogP) is 3.05. The maximum absolute atomic E-state index is 11.8. The first-order valence-corrected chi connectivity index (χ1v) is 7.57. The molecule has 2 aromatic carbocycles. The SMILES string of the molecule is COc1cccc(Sc2ccccc2NC(=O)CNC(=O)O)c1. The van der Waals surface area contributed by atoms with Crippen molar-refractivity contribution in [3.63, 3.8) is 0 Å². The lowest BCUT2D eigenvalue weighted by Crippen LogP contribution is -2.31. The number of hydrogen-bond acceptors (Lipinski definition) is 4. The van der Waals surface area contributed by atoms with E-state index >= 15 is 0 Å². The molecule has 0 radical (unpaired) electrons. The lowest BCUT2D eigenvalue weighted by molar-refractivity contribution is -0.115. The van der Waals surface area contributed by atoms with E-state index in [2.05, 4.69) is 5.32 Å². The normalized spacial score (nSPS) is 9.96. The number of benzene rings is 2. The van der Waals surface area contributed by atoms with Crippen LogP contribution in [0.1, 0.15) is 0 Å². The van der Waals surface area contributed by atoms with Crippen molar-refractivity contribution in [3.05, 3.63) is 48.5 Å². The van der Waals surface area contributed by atoms with E-state index in [4.69, 9.17) is 9.84 Å². The molecule has 2 amide bonds. The smallest absolute Gasteiger partial charge is 0.405 e. The van der Waals surface area contributed by atoms with Crippen LogP contribution in [0.3, 0.4) is 0 Å². The minimum Gasteiger partial charge on any atom is -0.497 e. The molecule has 7 heteroatoms. The molecule has 6 nitrogen and oxygen atoms in total. The number of carbonyl (C=O) groups is 2. The maximum Gasteiger partial charge on any atom is 0.405 e. The molecule has 0 aliphatic rings. The van der Waals surface area contributed by atoms with Gasteiger partial charge in [0.15, 0.2) is 0 Å². The van der Waals surface area contributed by atoms with Gasteiger partial charge in [-0.3, -0.25) is 4.79 Å². The third-order valence-electron chi connectivity index (χ3n) is 2.83. The summed E-state index contributed by atoms with van der Waals surface area (Å²) in [6.45, 7) is -0.298. The highest BCUT2D eigenvalue weighted by molar-refractivity contribution is 7.99. The second-order valence-corrected chi connectivity index (χ2v) is 5.60. The van der Waals surface area contributed by atoms with E-state index in [1.54, 1.807) is 19.2 Å². The van der Waals surface area contributed by atoms with E-state index in [0.29, 0.717) is 5.69 Å². The Bertz CT molecular complexity index is 706. The standard InChI is InChI=1S/C16H16N2O4S/c1-22-11-5-4-6-12(9-11)23-14-8-3-2-7-13(14)18-15(19)10-17-16(20)21/h2-9,17H,10H2,1H3,(H,18,19)(H,20,21). The molecule has 0 heterocycles. The fraction of sp³-hybridized carbons (Fsp3) is 0.125. The van der Waals surface area contributed by atoms with Crippen molar-refractivity contribution in [1.82, 2.24) is 5.32 Å². The van der Waals surface area contributed by atoms with Crippen molar-refractivity contribution >= 4 is 29.4 Å². The van der Waals surface area contributed by atoms with Gasteiger partial charge in [-0.15, -0.1) is 0 Å². The van der Waals surface area contributed by atoms with Gasteiger partial charge in [0, 0.05) is 9.79 Å². The zero-order chi connectivity index (χ0) is 16.7. The van der Waals surface area contributed by atoms with Crippen molar-refractivity contribution in [2.24, 2.45) is 0 Å². The molecule has 0 aliphatic carbocycles. The molecule has 2 aromatic rings. The van der Waals surface area contributed by atoms with Crippen molar-refractivity contribution in [2.75, 3.05) is 19.0 Å². The molecule has 120 valence electrons. The van der Waals surface area contributed by atoms with Gasteiger partial charge >= 0.3 is 6.09 Å². The average molecular weight is 332 g/mol. The quantitative estimate of drug-likeness (QED) is 0.757. The van der Waals surface area contributed by atoms with Crippen LogP contribution < -0.4 is 15.4 Å². The Kier molecular flexibility index (Phi) is 5.87. The third-order valence-corrected chi connectivity index (χ3v) is 3.90. The fourth-order valence-electron chi connectivity index (χ4n) is 1.80. The summed E-state index contributed by atoms with van der Waals surface area (Å²) in [7, 11) is 1.60. The largest absolute Gasteiger partial charge is 0.497 e. The van der Waals surface area contributed by atoms with Gasteiger partial charge in [-0.05, 0) is 30.3 Å². The minimum absolute atomic E-state index is 0.298. The number of methoxy groups -OCH3 is 1. The van der Waals surface area contributed by atoms with Gasteiger partial charge in [-0.1, -0.05) is 30.0 Å². The van der Waals surface area contributed by atoms with E-state index in [1.165, 1.54) is 11.8 Å². The summed E-state index contributed by atoms with van der Waals surface area (Å²) in [5, 5.41) is 13.2. The molecule has 3 N–H and O–H groups in total. The van der Waals surface area contributed by atoms with Gasteiger partial charge in [0.05, 0.1) is 12.8 Å². The highest BCUT2D eigenvalue weighted by atomic mass is 32.2. The van der Waals surface area contributed by atoms with E-state index < -0.39 is 12.0 Å². The molecule has 0 saturated carbocycles. The average Bonchev–Trinajstić information content (AvgIpc) is 2.55. The van der Waals surface area contributed by atoms with Gasteiger partial charge in [0.25, 0.3) is 0 Å². The zero-order valence-corrected chi connectivity index (χ0v) is 13.2. The van der Waals surface area contributed by atoms with Crippen LogP contribution >= 0.6 is 11.8 Å². The molecule has 0 saturated heterocycles. The van der Waals surface area contributed by atoms with Gasteiger partial charge in [-0.25, -0.2) is 4.79 Å². The number of carboxylic acid groups (broad SMARTS) is 1. The maximum atomic E-state index is 11.8. The molecule has 0 atom stereocenters. The highest BCUT2D eigenvalue weighted by Crippen LogP contribution is 2.34. The number of para-hydroxylation sites is 1. The van der Waals surface area contributed by atoms with Crippen LogP contribution in [-0.2, 0) is 4.79 Å². The number of carbonyl (C=O) groups excluding carboxylic acids is 1. The summed E-state index contributed by atoms with van der Waals surface area (Å²) in [6, 6.07) is 14.9. The van der Waals surface area contributed by atoms with Crippen molar-refractivity contribution in [2.45, 2.75) is 9.79 Å². The minimum atomic E-state index is -1.24. The van der Waals surface area contributed by atoms with Crippen molar-refractivity contribution in [3.8, 4) is 5.75 Å². The lowest BCUT2D eigenvalue weighted by atomic mass is 10.3. The predicted molar refractivity (Wildman–Crippen MR) is 88.2 cm³/mol. The van der Waals surface area contributed by atoms with E-state index in [1.807, 2.05) is 41.7 Å². The summed E-state index contributed by atoms with van der Waals surface area (Å²) < 4.78 is 5.19. The summed E-state index contributed by atoms with van der Waals surface area (Å²) in [5.41, 5.74) is 0.623. The van der Waals surface area contributed by atoms with Gasteiger partial charge < -0.3 is 20.5 Å². The summed E-state index contributed by atoms with van der Waals surface area (Å²) >= 11 is 1.48. The second-order valence-electron chi connectivity index (χ2n) is 4.48. The fourth-order valence-corrected chi connectivity index (χ4v) is 2.75. The number of amides is 2. The molecule has 0 spiro atoms. The third kappa shape index (κ3) is 5.23. The molecule has 23 heavy (non-hydrogen) atoms. The van der Waals surface area contributed by atoms with Crippen LogP contribution in [0, 0.1) is 0 Å². The van der Waals surface area contributed by atoms with E-state index in [9.17, 15) is 9.59 Å².